The maximum absolute atomic E-state index is 12.4. The lowest BCUT2D eigenvalue weighted by molar-refractivity contribution is 0.0380. The molecule has 2 saturated heterocycles. The highest BCUT2D eigenvalue weighted by Crippen LogP contribution is 2.23. The number of nitrogens with zero attached hydrogens (tertiary/aromatic N) is 2. The van der Waals surface area contributed by atoms with Crippen molar-refractivity contribution < 1.29 is 23.0 Å². The summed E-state index contributed by atoms with van der Waals surface area (Å²) in [6.07, 6.45) is 1.06. The second-order valence-electron chi connectivity index (χ2n) is 5.62. The molecule has 124 valence electrons. The van der Waals surface area contributed by atoms with Crippen LogP contribution in [0.1, 0.15) is 12.8 Å². The van der Waals surface area contributed by atoms with Gasteiger partial charge in [0, 0.05) is 26.7 Å². The van der Waals surface area contributed by atoms with Crippen LogP contribution >= 0.6 is 0 Å². The minimum atomic E-state index is -3.33. The van der Waals surface area contributed by atoms with Gasteiger partial charge < -0.3 is 14.6 Å². The molecule has 0 aliphatic carbocycles. The van der Waals surface area contributed by atoms with E-state index >= 15 is 0 Å². The molecule has 0 aromatic heterocycles. The van der Waals surface area contributed by atoms with Crippen LogP contribution in [0.2, 0.25) is 0 Å². The van der Waals surface area contributed by atoms with Crippen LogP contribution in [-0.4, -0.2) is 93.7 Å². The number of sulfonamides is 1. The molecule has 2 fully saturated rings. The van der Waals surface area contributed by atoms with E-state index < -0.39 is 10.0 Å². The van der Waals surface area contributed by atoms with Crippen LogP contribution in [0.15, 0.2) is 0 Å². The highest BCUT2D eigenvalue weighted by molar-refractivity contribution is 7.89. The molecule has 7 nitrogen and oxygen atoms in total. The van der Waals surface area contributed by atoms with Crippen molar-refractivity contribution in [3.8, 4) is 0 Å². The molecule has 2 heterocycles. The Balaban J connectivity index is 1.82. The molecule has 0 radical (unpaired) electrons. The van der Waals surface area contributed by atoms with Crippen molar-refractivity contribution in [2.75, 3.05) is 58.9 Å². The summed E-state index contributed by atoms with van der Waals surface area (Å²) in [7, 11) is -1.75. The minimum absolute atomic E-state index is 0.115. The lowest BCUT2D eigenvalue weighted by atomic mass is 10.2. The number of ether oxygens (including phenoxy) is 2. The minimum Gasteiger partial charge on any atom is -0.395 e. The van der Waals surface area contributed by atoms with Gasteiger partial charge in [0.25, 0.3) is 0 Å². The highest BCUT2D eigenvalue weighted by atomic mass is 32.2. The number of hydrogen-bond donors (Lipinski definition) is 1. The maximum atomic E-state index is 12.4. The molecular formula is C13H26N2O5S. The van der Waals surface area contributed by atoms with Gasteiger partial charge in [0.05, 0.1) is 37.7 Å². The van der Waals surface area contributed by atoms with Gasteiger partial charge in [-0.3, -0.25) is 4.90 Å². The first-order valence-electron chi connectivity index (χ1n) is 7.50. The lowest BCUT2D eigenvalue weighted by Crippen LogP contribution is -2.41. The van der Waals surface area contributed by atoms with E-state index in [1.54, 1.807) is 7.11 Å². The Hall–Kier alpha value is -0.250. The molecule has 21 heavy (non-hydrogen) atoms. The Kier molecular flexibility index (Phi) is 6.39. The SMILES string of the molecule is CO[C@@H]1C[C@@H](CO)N(S(=O)(=O)CCCN2CCOCC2)C1. The zero-order valence-electron chi connectivity index (χ0n) is 12.6. The Labute approximate surface area is 126 Å². The van der Waals surface area contributed by atoms with Crippen LogP contribution in [0, 0.1) is 0 Å². The van der Waals surface area contributed by atoms with Crippen molar-refractivity contribution in [3.63, 3.8) is 0 Å². The number of rotatable bonds is 7. The van der Waals surface area contributed by atoms with E-state index in [0.717, 1.165) is 32.8 Å². The Morgan fingerprint density at radius 3 is 2.67 bits per heavy atom. The Bertz CT molecular complexity index is 411. The molecule has 8 heteroatoms. The molecule has 0 amide bonds. The number of aliphatic hydroxyl groups excluding tert-OH is 1. The van der Waals surface area contributed by atoms with Gasteiger partial charge in [-0.05, 0) is 19.4 Å². The molecule has 2 rings (SSSR count). The number of morpholine rings is 1. The maximum Gasteiger partial charge on any atom is 0.214 e. The summed E-state index contributed by atoms with van der Waals surface area (Å²) in [4.78, 5) is 2.23. The first-order valence-corrected chi connectivity index (χ1v) is 9.11. The molecule has 0 aromatic rings. The molecule has 0 spiro atoms. The van der Waals surface area contributed by atoms with E-state index in [1.165, 1.54) is 4.31 Å². The van der Waals surface area contributed by atoms with Gasteiger partial charge in [0.2, 0.25) is 10.0 Å². The summed E-state index contributed by atoms with van der Waals surface area (Å²) in [5, 5.41) is 9.36. The number of hydrogen-bond acceptors (Lipinski definition) is 6. The normalized spacial score (nSPS) is 29.0. The first-order chi connectivity index (χ1) is 10.1. The third kappa shape index (κ3) is 4.61. The highest BCUT2D eigenvalue weighted by Gasteiger charge is 2.38. The molecule has 0 unspecified atom stereocenters. The molecule has 0 bridgehead atoms. The van der Waals surface area contributed by atoms with Crippen molar-refractivity contribution >= 4 is 10.0 Å². The molecule has 2 atom stereocenters. The van der Waals surface area contributed by atoms with Crippen molar-refractivity contribution in [3.05, 3.63) is 0 Å². The van der Waals surface area contributed by atoms with Gasteiger partial charge in [-0.25, -0.2) is 8.42 Å². The van der Waals surface area contributed by atoms with E-state index in [0.29, 0.717) is 19.4 Å². The predicted molar refractivity (Wildman–Crippen MR) is 78.7 cm³/mol. The quantitative estimate of drug-likeness (QED) is 0.656. The van der Waals surface area contributed by atoms with Gasteiger partial charge in [-0.15, -0.1) is 0 Å². The van der Waals surface area contributed by atoms with E-state index in [4.69, 9.17) is 9.47 Å². The van der Waals surface area contributed by atoms with Crippen LogP contribution < -0.4 is 0 Å². The number of methoxy groups -OCH3 is 1. The van der Waals surface area contributed by atoms with Crippen molar-refractivity contribution in [2.45, 2.75) is 25.0 Å². The van der Waals surface area contributed by atoms with E-state index in [2.05, 4.69) is 4.90 Å². The fourth-order valence-corrected chi connectivity index (χ4v) is 4.66. The van der Waals surface area contributed by atoms with Crippen LogP contribution in [0.25, 0.3) is 0 Å². The Morgan fingerprint density at radius 1 is 1.33 bits per heavy atom. The fourth-order valence-electron chi connectivity index (χ4n) is 2.93. The third-order valence-corrected chi connectivity index (χ3v) is 6.17. The fraction of sp³-hybridized carbons (Fsp3) is 1.00. The van der Waals surface area contributed by atoms with Gasteiger partial charge in [-0.1, -0.05) is 0 Å². The molecule has 2 aliphatic rings. The monoisotopic (exact) mass is 322 g/mol. The van der Waals surface area contributed by atoms with Gasteiger partial charge >= 0.3 is 0 Å². The van der Waals surface area contributed by atoms with Crippen molar-refractivity contribution in [1.82, 2.24) is 9.21 Å². The summed E-state index contributed by atoms with van der Waals surface area (Å²) in [6.45, 7) is 4.16. The van der Waals surface area contributed by atoms with Crippen LogP contribution in [-0.2, 0) is 19.5 Å². The predicted octanol–water partition coefficient (Wildman–Crippen LogP) is -0.880. The molecular weight excluding hydrogens is 296 g/mol. The van der Waals surface area contributed by atoms with Gasteiger partial charge in [-0.2, -0.15) is 4.31 Å². The zero-order chi connectivity index (χ0) is 15.3. The second kappa shape index (κ2) is 7.85. The summed E-state index contributed by atoms with van der Waals surface area (Å²) < 4.78 is 36.8. The number of aliphatic hydroxyl groups is 1. The zero-order valence-corrected chi connectivity index (χ0v) is 13.4. The van der Waals surface area contributed by atoms with E-state index in [9.17, 15) is 13.5 Å². The van der Waals surface area contributed by atoms with E-state index in [1.807, 2.05) is 0 Å². The van der Waals surface area contributed by atoms with Crippen molar-refractivity contribution in [1.29, 1.82) is 0 Å². The molecule has 0 aromatic carbocycles. The average Bonchev–Trinajstić information content (AvgIpc) is 2.92. The summed E-state index contributed by atoms with van der Waals surface area (Å²) >= 11 is 0. The largest absolute Gasteiger partial charge is 0.395 e. The third-order valence-electron chi connectivity index (χ3n) is 4.21. The summed E-state index contributed by atoms with van der Waals surface area (Å²) in [6, 6.07) is -0.344. The van der Waals surface area contributed by atoms with Crippen LogP contribution in [0.3, 0.4) is 0 Å². The average molecular weight is 322 g/mol. The van der Waals surface area contributed by atoms with Crippen LogP contribution in [0.4, 0.5) is 0 Å². The first kappa shape index (κ1) is 17.1. The van der Waals surface area contributed by atoms with Crippen molar-refractivity contribution in [2.24, 2.45) is 0 Å². The van der Waals surface area contributed by atoms with Gasteiger partial charge in [0.1, 0.15) is 0 Å². The lowest BCUT2D eigenvalue weighted by Gasteiger charge is -2.27. The Morgan fingerprint density at radius 2 is 2.05 bits per heavy atom. The second-order valence-corrected chi connectivity index (χ2v) is 7.66. The molecule has 1 N–H and O–H groups in total. The topological polar surface area (TPSA) is 79.3 Å². The standard InChI is InChI=1S/C13H26N2O5S/c1-19-13-9-12(11-16)15(10-13)21(17,18)8-2-3-14-4-6-20-7-5-14/h12-13,16H,2-11H2,1H3/t12-,13+/m0/s1. The van der Waals surface area contributed by atoms with Gasteiger partial charge in [0.15, 0.2) is 0 Å². The summed E-state index contributed by atoms with van der Waals surface area (Å²) in [5.41, 5.74) is 0. The van der Waals surface area contributed by atoms with Crippen LogP contribution in [0.5, 0.6) is 0 Å². The molecule has 0 saturated carbocycles. The smallest absolute Gasteiger partial charge is 0.214 e. The van der Waals surface area contributed by atoms with E-state index in [-0.39, 0.29) is 24.5 Å². The molecule has 2 aliphatic heterocycles. The summed E-state index contributed by atoms with van der Waals surface area (Å²) in [5.74, 6) is 0.122.